The third-order valence-corrected chi connectivity index (χ3v) is 2.86. The van der Waals surface area contributed by atoms with Gasteiger partial charge in [0.15, 0.2) is 0 Å². The molecule has 4 nitrogen and oxygen atoms in total. The van der Waals surface area contributed by atoms with Crippen molar-refractivity contribution in [2.24, 2.45) is 0 Å². The van der Waals surface area contributed by atoms with Crippen molar-refractivity contribution in [3.63, 3.8) is 0 Å². The van der Waals surface area contributed by atoms with Crippen LogP contribution in [0.4, 0.5) is 0 Å². The average Bonchev–Trinajstić information content (AvgIpc) is 2.85. The Morgan fingerprint density at radius 1 is 1.41 bits per heavy atom. The molecule has 0 amide bonds. The van der Waals surface area contributed by atoms with Gasteiger partial charge in [-0.25, -0.2) is 4.98 Å². The number of para-hydroxylation sites is 1. The fourth-order valence-electron chi connectivity index (χ4n) is 1.35. The summed E-state index contributed by atoms with van der Waals surface area (Å²) >= 11 is 3.38. The number of rotatable bonds is 4. The van der Waals surface area contributed by atoms with Crippen molar-refractivity contribution in [3.8, 4) is 5.75 Å². The first kappa shape index (κ1) is 11.9. The van der Waals surface area contributed by atoms with E-state index in [1.807, 2.05) is 24.3 Å². The minimum atomic E-state index is -0.0328. The van der Waals surface area contributed by atoms with Crippen molar-refractivity contribution in [2.45, 2.75) is 6.42 Å². The summed E-state index contributed by atoms with van der Waals surface area (Å²) in [5, 5.41) is 0. The van der Waals surface area contributed by atoms with Crippen LogP contribution in [0.1, 0.15) is 11.2 Å². The van der Waals surface area contributed by atoms with E-state index < -0.39 is 0 Å². The van der Waals surface area contributed by atoms with Gasteiger partial charge in [-0.3, -0.25) is 9.36 Å². The van der Waals surface area contributed by atoms with E-state index >= 15 is 0 Å². The molecule has 0 saturated heterocycles. The number of carbonyl (C=O) groups is 1. The average molecular weight is 295 g/mol. The van der Waals surface area contributed by atoms with Gasteiger partial charge in [0.2, 0.25) is 5.91 Å². The maximum absolute atomic E-state index is 11.6. The summed E-state index contributed by atoms with van der Waals surface area (Å²) in [6.45, 7) is 0.347. The predicted molar refractivity (Wildman–Crippen MR) is 67.1 cm³/mol. The van der Waals surface area contributed by atoms with Crippen LogP contribution in [0.3, 0.4) is 0 Å². The Hall–Kier alpha value is -1.62. The van der Waals surface area contributed by atoms with Crippen LogP contribution in [0, 0.1) is 0 Å². The molecule has 1 aromatic heterocycles. The molecule has 1 aromatic carbocycles. The molecule has 17 heavy (non-hydrogen) atoms. The van der Waals surface area contributed by atoms with E-state index in [1.165, 1.54) is 10.9 Å². The Balaban J connectivity index is 1.84. The highest BCUT2D eigenvalue weighted by atomic mass is 79.9. The Labute approximate surface area is 107 Å². The Morgan fingerprint density at radius 2 is 2.24 bits per heavy atom. The third-order valence-electron chi connectivity index (χ3n) is 2.20. The van der Waals surface area contributed by atoms with Gasteiger partial charge < -0.3 is 4.74 Å². The highest BCUT2D eigenvalue weighted by molar-refractivity contribution is 9.10. The van der Waals surface area contributed by atoms with Gasteiger partial charge in [0.1, 0.15) is 12.1 Å². The molecule has 0 bridgehead atoms. The van der Waals surface area contributed by atoms with Crippen molar-refractivity contribution >= 4 is 21.8 Å². The summed E-state index contributed by atoms with van der Waals surface area (Å²) in [6, 6.07) is 7.55. The molecule has 0 fully saturated rings. The Bertz CT molecular complexity index is 497. The lowest BCUT2D eigenvalue weighted by molar-refractivity contribution is 0.0881. The summed E-state index contributed by atoms with van der Waals surface area (Å²) in [4.78, 5) is 15.4. The van der Waals surface area contributed by atoms with Crippen molar-refractivity contribution < 1.29 is 9.53 Å². The van der Waals surface area contributed by atoms with E-state index in [0.29, 0.717) is 13.0 Å². The van der Waals surface area contributed by atoms with E-state index in [9.17, 15) is 4.79 Å². The smallest absolute Gasteiger partial charge is 0.235 e. The molecule has 0 unspecified atom stereocenters. The zero-order valence-corrected chi connectivity index (χ0v) is 10.6. The van der Waals surface area contributed by atoms with Gasteiger partial charge in [0, 0.05) is 12.4 Å². The summed E-state index contributed by atoms with van der Waals surface area (Å²) in [7, 11) is 0. The monoisotopic (exact) mass is 294 g/mol. The van der Waals surface area contributed by atoms with Gasteiger partial charge in [0.25, 0.3) is 0 Å². The SMILES string of the molecule is O=C(CCOc1ccccc1Br)n1ccnc1. The first-order valence-corrected chi connectivity index (χ1v) is 5.95. The molecule has 0 aliphatic carbocycles. The molecular formula is C12H11BrN2O2. The fourth-order valence-corrected chi connectivity index (χ4v) is 1.75. The van der Waals surface area contributed by atoms with E-state index in [-0.39, 0.29) is 5.91 Å². The van der Waals surface area contributed by atoms with Gasteiger partial charge in [-0.1, -0.05) is 12.1 Å². The van der Waals surface area contributed by atoms with Gasteiger partial charge in [-0.2, -0.15) is 0 Å². The number of hydrogen-bond donors (Lipinski definition) is 0. The number of halogens is 1. The van der Waals surface area contributed by atoms with Gasteiger partial charge in [0.05, 0.1) is 17.5 Å². The van der Waals surface area contributed by atoms with Crippen LogP contribution >= 0.6 is 15.9 Å². The number of benzene rings is 1. The number of ether oxygens (including phenoxy) is 1. The second kappa shape index (κ2) is 5.63. The first-order chi connectivity index (χ1) is 8.27. The van der Waals surface area contributed by atoms with Crippen LogP contribution < -0.4 is 4.74 Å². The van der Waals surface area contributed by atoms with Crippen molar-refractivity contribution in [1.29, 1.82) is 0 Å². The van der Waals surface area contributed by atoms with E-state index in [2.05, 4.69) is 20.9 Å². The highest BCUT2D eigenvalue weighted by Crippen LogP contribution is 2.23. The van der Waals surface area contributed by atoms with Crippen LogP contribution in [-0.2, 0) is 0 Å². The van der Waals surface area contributed by atoms with Crippen LogP contribution in [0.5, 0.6) is 5.75 Å². The number of nitrogens with zero attached hydrogens (tertiary/aromatic N) is 2. The van der Waals surface area contributed by atoms with Crippen LogP contribution in [0.15, 0.2) is 47.5 Å². The molecule has 5 heteroatoms. The Kier molecular flexibility index (Phi) is 3.93. The molecule has 0 spiro atoms. The number of hydrogen-bond acceptors (Lipinski definition) is 3. The molecule has 1 heterocycles. The minimum Gasteiger partial charge on any atom is -0.492 e. The number of carbonyl (C=O) groups excluding carboxylic acids is 1. The molecule has 0 N–H and O–H groups in total. The highest BCUT2D eigenvalue weighted by Gasteiger charge is 2.05. The lowest BCUT2D eigenvalue weighted by atomic mass is 10.3. The van der Waals surface area contributed by atoms with Crippen molar-refractivity contribution in [1.82, 2.24) is 9.55 Å². The van der Waals surface area contributed by atoms with Crippen LogP contribution in [0.2, 0.25) is 0 Å². The lowest BCUT2D eigenvalue weighted by Gasteiger charge is -2.07. The normalized spacial score (nSPS) is 10.2. The standard InChI is InChI=1S/C12H11BrN2O2/c13-10-3-1-2-4-11(10)17-8-5-12(16)15-7-6-14-9-15/h1-4,6-7,9H,5,8H2. The number of imidazole rings is 1. The molecule has 2 rings (SSSR count). The van der Waals surface area contributed by atoms with E-state index in [4.69, 9.17) is 4.74 Å². The summed E-state index contributed by atoms with van der Waals surface area (Å²) in [5.74, 6) is 0.709. The second-order valence-electron chi connectivity index (χ2n) is 3.39. The summed E-state index contributed by atoms with van der Waals surface area (Å²) < 4.78 is 7.84. The van der Waals surface area contributed by atoms with Crippen LogP contribution in [-0.4, -0.2) is 22.1 Å². The maximum Gasteiger partial charge on any atom is 0.235 e. The summed E-state index contributed by atoms with van der Waals surface area (Å²) in [6.07, 6.45) is 5.01. The molecule has 0 aliphatic heterocycles. The molecule has 0 radical (unpaired) electrons. The quantitative estimate of drug-likeness (QED) is 0.871. The van der Waals surface area contributed by atoms with E-state index in [0.717, 1.165) is 10.2 Å². The maximum atomic E-state index is 11.6. The Morgan fingerprint density at radius 3 is 2.94 bits per heavy atom. The van der Waals surface area contributed by atoms with Gasteiger partial charge >= 0.3 is 0 Å². The van der Waals surface area contributed by atoms with Gasteiger partial charge in [-0.15, -0.1) is 0 Å². The molecular weight excluding hydrogens is 284 g/mol. The minimum absolute atomic E-state index is 0.0328. The van der Waals surface area contributed by atoms with Gasteiger partial charge in [-0.05, 0) is 28.1 Å². The van der Waals surface area contributed by atoms with Crippen molar-refractivity contribution in [2.75, 3.05) is 6.61 Å². The fraction of sp³-hybridized carbons (Fsp3) is 0.167. The molecule has 2 aromatic rings. The number of aromatic nitrogens is 2. The molecule has 0 atom stereocenters. The molecule has 0 aliphatic rings. The summed E-state index contributed by atoms with van der Waals surface area (Å²) in [5.41, 5.74) is 0. The molecule has 88 valence electrons. The zero-order valence-electron chi connectivity index (χ0n) is 9.04. The zero-order chi connectivity index (χ0) is 12.1. The lowest BCUT2D eigenvalue weighted by Crippen LogP contribution is -2.12. The van der Waals surface area contributed by atoms with E-state index in [1.54, 1.807) is 12.4 Å². The third kappa shape index (κ3) is 3.17. The second-order valence-corrected chi connectivity index (χ2v) is 4.25. The van der Waals surface area contributed by atoms with Crippen molar-refractivity contribution in [3.05, 3.63) is 47.5 Å². The molecule has 0 saturated carbocycles. The largest absolute Gasteiger partial charge is 0.492 e. The first-order valence-electron chi connectivity index (χ1n) is 5.16. The van der Waals surface area contributed by atoms with Crippen LogP contribution in [0.25, 0.3) is 0 Å². The topological polar surface area (TPSA) is 44.1 Å². The predicted octanol–water partition coefficient (Wildman–Crippen LogP) is 2.75.